The Hall–Kier alpha value is -1.86. The summed E-state index contributed by atoms with van der Waals surface area (Å²) in [6, 6.07) is 8.16. The van der Waals surface area contributed by atoms with E-state index < -0.39 is 10.1 Å². The molecule has 1 saturated heterocycles. The molecule has 0 radical (unpaired) electrons. The maximum atomic E-state index is 13.5. The van der Waals surface area contributed by atoms with Crippen LogP contribution in [0.2, 0.25) is 0 Å². The fraction of sp³-hybridized carbons (Fsp3) is 0.591. The van der Waals surface area contributed by atoms with Gasteiger partial charge in [0.1, 0.15) is 0 Å². The Bertz CT molecular complexity index is 988. The van der Waals surface area contributed by atoms with Crippen LogP contribution in [0.4, 0.5) is 0 Å². The van der Waals surface area contributed by atoms with Crippen molar-refractivity contribution in [2.45, 2.75) is 57.4 Å². The number of hydrogen-bond donors (Lipinski definition) is 0. The van der Waals surface area contributed by atoms with Crippen LogP contribution in [-0.4, -0.2) is 49.7 Å². The van der Waals surface area contributed by atoms with Crippen LogP contribution >= 0.6 is 0 Å². The number of likely N-dealkylation sites (tertiary alicyclic amines) is 1. The molecule has 1 fully saturated rings. The first-order chi connectivity index (χ1) is 14.0. The molecule has 1 atom stereocenters. The molecule has 4 rings (SSSR count). The second-order valence-corrected chi connectivity index (χ2v) is 9.88. The maximum Gasteiger partial charge on any atom is 0.264 e. The Morgan fingerprint density at radius 3 is 2.55 bits per heavy atom. The van der Waals surface area contributed by atoms with Crippen molar-refractivity contribution in [1.82, 2.24) is 9.47 Å². The average Bonchev–Trinajstić information content (AvgIpc) is 2.85. The molecule has 2 aromatic rings. The lowest BCUT2D eigenvalue weighted by molar-refractivity contribution is -0.133. The lowest BCUT2D eigenvalue weighted by Gasteiger charge is -2.29. The van der Waals surface area contributed by atoms with E-state index in [2.05, 4.69) is 21.6 Å². The van der Waals surface area contributed by atoms with Crippen LogP contribution in [0.15, 0.2) is 24.3 Å². The van der Waals surface area contributed by atoms with Gasteiger partial charge in [-0.2, -0.15) is 8.42 Å². The molecule has 0 spiro atoms. The molecular weight excluding hydrogens is 388 g/mol. The summed E-state index contributed by atoms with van der Waals surface area (Å²) in [6.07, 6.45) is 8.44. The number of rotatable bonds is 5. The van der Waals surface area contributed by atoms with E-state index in [1.807, 2.05) is 12.1 Å². The number of benzene rings is 1. The summed E-state index contributed by atoms with van der Waals surface area (Å²) < 4.78 is 29.9. The van der Waals surface area contributed by atoms with Crippen LogP contribution < -0.4 is 0 Å². The van der Waals surface area contributed by atoms with Gasteiger partial charge in [-0.25, -0.2) is 0 Å². The lowest BCUT2D eigenvalue weighted by atomic mass is 9.84. The standard InChI is InChI=1S/C22H30N2O4S/c1-29(26,27)28-16-15-24-19-11-5-4-9-17(19)21-18(10-8-12-20(21)24)22(25)23-13-6-2-3-7-14-23/h4-5,9,11,18H,2-3,6-8,10,12-16H2,1H3. The van der Waals surface area contributed by atoms with Gasteiger partial charge < -0.3 is 9.47 Å². The minimum atomic E-state index is -3.47. The van der Waals surface area contributed by atoms with Gasteiger partial charge in [0.05, 0.1) is 18.8 Å². The van der Waals surface area contributed by atoms with Crippen molar-refractivity contribution < 1.29 is 17.4 Å². The smallest absolute Gasteiger partial charge is 0.264 e. The molecular formula is C22H30N2O4S. The van der Waals surface area contributed by atoms with Crippen molar-refractivity contribution in [1.29, 1.82) is 0 Å². The highest BCUT2D eigenvalue weighted by Gasteiger charge is 2.34. The minimum absolute atomic E-state index is 0.0983. The fourth-order valence-corrected chi connectivity index (χ4v) is 5.33. The number of carbonyl (C=O) groups is 1. The zero-order valence-electron chi connectivity index (χ0n) is 17.1. The molecule has 1 amide bonds. The number of amides is 1. The average molecular weight is 419 g/mol. The SMILES string of the molecule is CS(=O)(=O)OCCn1c2c(c3ccccc31)C(C(=O)N1CCCCCC1)CCC2. The van der Waals surface area contributed by atoms with E-state index in [-0.39, 0.29) is 18.4 Å². The van der Waals surface area contributed by atoms with E-state index in [1.54, 1.807) is 0 Å². The van der Waals surface area contributed by atoms with Gasteiger partial charge in [-0.3, -0.25) is 8.98 Å². The van der Waals surface area contributed by atoms with Crippen LogP contribution in [0, 0.1) is 0 Å². The molecule has 2 heterocycles. The van der Waals surface area contributed by atoms with Crippen molar-refractivity contribution >= 4 is 26.9 Å². The van der Waals surface area contributed by atoms with Crippen LogP contribution in [0.5, 0.6) is 0 Å². The minimum Gasteiger partial charge on any atom is -0.342 e. The Morgan fingerprint density at radius 2 is 1.83 bits per heavy atom. The molecule has 1 unspecified atom stereocenters. The number of fused-ring (bicyclic) bond motifs is 3. The predicted molar refractivity (Wildman–Crippen MR) is 113 cm³/mol. The first kappa shape index (κ1) is 20.4. The van der Waals surface area contributed by atoms with Crippen molar-refractivity contribution in [3.05, 3.63) is 35.5 Å². The number of nitrogens with zero attached hydrogens (tertiary/aromatic N) is 2. The highest BCUT2D eigenvalue weighted by molar-refractivity contribution is 7.85. The summed E-state index contributed by atoms with van der Waals surface area (Å²) in [6.45, 7) is 2.30. The summed E-state index contributed by atoms with van der Waals surface area (Å²) in [5.74, 6) is 0.168. The largest absolute Gasteiger partial charge is 0.342 e. The van der Waals surface area contributed by atoms with E-state index >= 15 is 0 Å². The molecule has 6 nitrogen and oxygen atoms in total. The Morgan fingerprint density at radius 1 is 1.10 bits per heavy atom. The molecule has 7 heteroatoms. The second kappa shape index (κ2) is 8.48. The fourth-order valence-electron chi connectivity index (χ4n) is 4.95. The number of aromatic nitrogens is 1. The zero-order valence-corrected chi connectivity index (χ0v) is 17.9. The third kappa shape index (κ3) is 4.36. The zero-order chi connectivity index (χ0) is 20.4. The summed E-state index contributed by atoms with van der Waals surface area (Å²) in [5, 5.41) is 1.12. The molecule has 158 valence electrons. The van der Waals surface area contributed by atoms with Gasteiger partial charge in [0.15, 0.2) is 0 Å². The van der Waals surface area contributed by atoms with Gasteiger partial charge in [0, 0.05) is 36.2 Å². The first-order valence-corrected chi connectivity index (χ1v) is 12.5. The summed E-state index contributed by atoms with van der Waals surface area (Å²) in [7, 11) is -3.47. The monoisotopic (exact) mass is 418 g/mol. The molecule has 1 aromatic heterocycles. The topological polar surface area (TPSA) is 68.6 Å². The van der Waals surface area contributed by atoms with Gasteiger partial charge in [0.25, 0.3) is 10.1 Å². The number of para-hydroxylation sites is 1. The lowest BCUT2D eigenvalue weighted by Crippen LogP contribution is -2.37. The van der Waals surface area contributed by atoms with Gasteiger partial charge >= 0.3 is 0 Å². The van der Waals surface area contributed by atoms with E-state index in [4.69, 9.17) is 4.18 Å². The van der Waals surface area contributed by atoms with Crippen LogP contribution in [-0.2, 0) is 32.1 Å². The van der Waals surface area contributed by atoms with Crippen molar-refractivity contribution in [3.8, 4) is 0 Å². The Balaban J connectivity index is 1.69. The molecule has 1 aliphatic carbocycles. The number of carbonyl (C=O) groups excluding carboxylic acids is 1. The van der Waals surface area contributed by atoms with Crippen molar-refractivity contribution in [2.75, 3.05) is 26.0 Å². The Kier molecular flexibility index (Phi) is 5.97. The third-order valence-corrected chi connectivity index (χ3v) is 6.80. The molecule has 2 aliphatic rings. The van der Waals surface area contributed by atoms with Crippen LogP contribution in [0.1, 0.15) is 55.7 Å². The van der Waals surface area contributed by atoms with Crippen LogP contribution in [0.25, 0.3) is 10.9 Å². The van der Waals surface area contributed by atoms with E-state index in [9.17, 15) is 13.2 Å². The normalized spacial score (nSPS) is 20.4. The first-order valence-electron chi connectivity index (χ1n) is 10.7. The van der Waals surface area contributed by atoms with E-state index in [1.165, 1.54) is 18.5 Å². The van der Waals surface area contributed by atoms with Crippen LogP contribution in [0.3, 0.4) is 0 Å². The Labute approximate surface area is 172 Å². The van der Waals surface area contributed by atoms with E-state index in [0.29, 0.717) is 6.54 Å². The molecule has 1 aromatic carbocycles. The third-order valence-electron chi connectivity index (χ3n) is 6.20. The highest BCUT2D eigenvalue weighted by atomic mass is 32.2. The summed E-state index contributed by atoms with van der Waals surface area (Å²) in [4.78, 5) is 15.6. The molecule has 0 saturated carbocycles. The quantitative estimate of drug-likeness (QED) is 0.698. The van der Waals surface area contributed by atoms with E-state index in [0.717, 1.165) is 67.9 Å². The number of hydrogen-bond acceptors (Lipinski definition) is 4. The maximum absolute atomic E-state index is 13.5. The van der Waals surface area contributed by atoms with Crippen molar-refractivity contribution in [2.24, 2.45) is 0 Å². The van der Waals surface area contributed by atoms with Gasteiger partial charge in [0.2, 0.25) is 5.91 Å². The molecule has 1 aliphatic heterocycles. The summed E-state index contributed by atoms with van der Waals surface area (Å²) >= 11 is 0. The highest BCUT2D eigenvalue weighted by Crippen LogP contribution is 2.40. The summed E-state index contributed by atoms with van der Waals surface area (Å²) in [5.41, 5.74) is 3.38. The molecule has 0 N–H and O–H groups in total. The van der Waals surface area contributed by atoms with Crippen molar-refractivity contribution in [3.63, 3.8) is 0 Å². The van der Waals surface area contributed by atoms with Gasteiger partial charge in [-0.05, 0) is 43.7 Å². The van der Waals surface area contributed by atoms with Gasteiger partial charge in [-0.1, -0.05) is 31.0 Å². The molecule has 0 bridgehead atoms. The second-order valence-electron chi connectivity index (χ2n) is 8.24. The molecule has 29 heavy (non-hydrogen) atoms. The predicted octanol–water partition coefficient (Wildman–Crippen LogP) is 3.44. The van der Waals surface area contributed by atoms with Gasteiger partial charge in [-0.15, -0.1) is 0 Å².